The van der Waals surface area contributed by atoms with Gasteiger partial charge in [0.1, 0.15) is 22.5 Å². The number of aryl methyl sites for hydroxylation is 1. The molecule has 3 rings (SSSR count). The summed E-state index contributed by atoms with van der Waals surface area (Å²) in [5, 5.41) is 20.2. The van der Waals surface area contributed by atoms with Gasteiger partial charge >= 0.3 is 0 Å². The molecule has 2 aromatic carbocycles. The normalized spacial score (nSPS) is 12.8. The van der Waals surface area contributed by atoms with E-state index < -0.39 is 0 Å². The molecule has 0 unspecified atom stereocenters. The number of hydrogen-bond acceptors (Lipinski definition) is 3. The molecule has 1 aromatic heterocycles. The summed E-state index contributed by atoms with van der Waals surface area (Å²) in [6, 6.07) is 10.0. The van der Waals surface area contributed by atoms with Gasteiger partial charge in [-0.25, -0.2) is 0 Å². The average Bonchev–Trinajstić information content (AvgIpc) is 2.90. The molecule has 1 N–H and O–H groups in total. The number of aromatic hydroxyl groups is 1. The van der Waals surface area contributed by atoms with Crippen LogP contribution in [0.5, 0.6) is 5.75 Å². The van der Waals surface area contributed by atoms with Crippen LogP contribution in [0.3, 0.4) is 0 Å². The average molecular weight is 337 g/mol. The molecule has 4 nitrogen and oxygen atoms in total. The van der Waals surface area contributed by atoms with Gasteiger partial charge in [0, 0.05) is 5.56 Å². The standard InChI is InChI=1S/C21H27N3O/c1-13-9-8-10-16-18(13)23-24(22-16)17-12-14(20(2,3)4)11-15(19(17)25)21(5,6)7/h8-12,25H,1-7H3. The van der Waals surface area contributed by atoms with E-state index in [0.29, 0.717) is 5.69 Å². The number of nitrogens with zero attached hydrogens (tertiary/aromatic N) is 3. The molecular weight excluding hydrogens is 310 g/mol. The second-order valence-corrected chi connectivity index (χ2v) is 8.82. The summed E-state index contributed by atoms with van der Waals surface area (Å²) in [6.07, 6.45) is 0. The van der Waals surface area contributed by atoms with Crippen LogP contribution in [0.1, 0.15) is 58.2 Å². The molecule has 0 bridgehead atoms. The molecule has 0 spiro atoms. The molecule has 0 aliphatic rings. The first kappa shape index (κ1) is 17.5. The van der Waals surface area contributed by atoms with Crippen LogP contribution in [0.15, 0.2) is 30.3 Å². The van der Waals surface area contributed by atoms with Gasteiger partial charge in [0.05, 0.1) is 0 Å². The predicted octanol–water partition coefficient (Wildman–Crippen LogP) is 5.03. The van der Waals surface area contributed by atoms with Gasteiger partial charge in [-0.3, -0.25) is 0 Å². The Kier molecular flexibility index (Phi) is 3.90. The molecular formula is C21H27N3O. The lowest BCUT2D eigenvalue weighted by molar-refractivity contribution is 0.438. The van der Waals surface area contributed by atoms with Crippen molar-refractivity contribution in [1.29, 1.82) is 0 Å². The van der Waals surface area contributed by atoms with Gasteiger partial charge in [0.15, 0.2) is 0 Å². The second-order valence-electron chi connectivity index (χ2n) is 8.82. The number of phenols is 1. The first-order valence-corrected chi connectivity index (χ1v) is 8.69. The van der Waals surface area contributed by atoms with Crippen molar-refractivity contribution in [3.8, 4) is 11.4 Å². The maximum Gasteiger partial charge on any atom is 0.146 e. The molecule has 3 aromatic rings. The quantitative estimate of drug-likeness (QED) is 0.677. The summed E-state index contributed by atoms with van der Waals surface area (Å²) in [4.78, 5) is 1.57. The van der Waals surface area contributed by atoms with Crippen LogP contribution in [0, 0.1) is 6.92 Å². The molecule has 0 amide bonds. The molecule has 1 heterocycles. The third-order valence-corrected chi connectivity index (χ3v) is 4.59. The molecule has 4 heteroatoms. The number of rotatable bonds is 1. The lowest BCUT2D eigenvalue weighted by Gasteiger charge is -2.27. The monoisotopic (exact) mass is 337 g/mol. The van der Waals surface area contributed by atoms with E-state index in [-0.39, 0.29) is 16.6 Å². The summed E-state index contributed by atoms with van der Waals surface area (Å²) in [7, 11) is 0. The highest BCUT2D eigenvalue weighted by atomic mass is 16.3. The van der Waals surface area contributed by atoms with Crippen molar-refractivity contribution < 1.29 is 5.11 Å². The van der Waals surface area contributed by atoms with Crippen molar-refractivity contribution in [2.45, 2.75) is 59.3 Å². The lowest BCUT2D eigenvalue weighted by Crippen LogP contribution is -2.18. The Morgan fingerprint density at radius 1 is 0.920 bits per heavy atom. The van der Waals surface area contributed by atoms with Crippen LogP contribution in [0.2, 0.25) is 0 Å². The molecule has 25 heavy (non-hydrogen) atoms. The highest BCUT2D eigenvalue weighted by Crippen LogP contribution is 2.39. The Balaban J connectivity index is 2.32. The number of aromatic nitrogens is 3. The van der Waals surface area contributed by atoms with E-state index in [1.165, 1.54) is 0 Å². The minimum absolute atomic E-state index is 0.0368. The van der Waals surface area contributed by atoms with Crippen LogP contribution >= 0.6 is 0 Å². The second kappa shape index (κ2) is 5.58. The molecule has 0 radical (unpaired) electrons. The minimum atomic E-state index is -0.178. The smallest absolute Gasteiger partial charge is 0.146 e. The van der Waals surface area contributed by atoms with Gasteiger partial charge in [-0.15, -0.1) is 15.0 Å². The largest absolute Gasteiger partial charge is 0.505 e. The molecule has 0 aliphatic heterocycles. The predicted molar refractivity (Wildman–Crippen MR) is 103 cm³/mol. The van der Waals surface area contributed by atoms with Crippen LogP contribution in [0.25, 0.3) is 16.7 Å². The van der Waals surface area contributed by atoms with E-state index in [0.717, 1.165) is 27.7 Å². The Morgan fingerprint density at radius 2 is 1.60 bits per heavy atom. The summed E-state index contributed by atoms with van der Waals surface area (Å²) in [6.45, 7) is 14.9. The van der Waals surface area contributed by atoms with Crippen LogP contribution in [-0.2, 0) is 10.8 Å². The van der Waals surface area contributed by atoms with Gasteiger partial charge in [-0.05, 0) is 41.0 Å². The fraction of sp³-hybridized carbons (Fsp3) is 0.429. The van der Waals surface area contributed by atoms with Crippen molar-refractivity contribution in [2.75, 3.05) is 0 Å². The number of phenolic OH excluding ortho intramolecular Hbond substituents is 1. The SMILES string of the molecule is Cc1cccc2nn(-c3cc(C(C)(C)C)cc(C(C)(C)C)c3O)nc12. The van der Waals surface area contributed by atoms with E-state index in [4.69, 9.17) is 0 Å². The van der Waals surface area contributed by atoms with Crippen LogP contribution in [-0.4, -0.2) is 20.1 Å². The summed E-state index contributed by atoms with van der Waals surface area (Å²) < 4.78 is 0. The van der Waals surface area contributed by atoms with Gasteiger partial charge < -0.3 is 5.11 Å². The third-order valence-electron chi connectivity index (χ3n) is 4.59. The first-order valence-electron chi connectivity index (χ1n) is 8.69. The third kappa shape index (κ3) is 3.13. The summed E-state index contributed by atoms with van der Waals surface area (Å²) >= 11 is 0. The summed E-state index contributed by atoms with van der Waals surface area (Å²) in [5.74, 6) is 0.249. The zero-order valence-corrected chi connectivity index (χ0v) is 16.2. The number of hydrogen-bond donors (Lipinski definition) is 1. The van der Waals surface area contributed by atoms with Crippen LogP contribution < -0.4 is 0 Å². The van der Waals surface area contributed by atoms with Crippen molar-refractivity contribution in [3.05, 3.63) is 47.0 Å². The summed E-state index contributed by atoms with van der Waals surface area (Å²) in [5.41, 5.74) is 5.25. The fourth-order valence-electron chi connectivity index (χ4n) is 2.96. The lowest BCUT2D eigenvalue weighted by atomic mass is 9.80. The number of benzene rings is 2. The van der Waals surface area contributed by atoms with E-state index in [9.17, 15) is 5.11 Å². The van der Waals surface area contributed by atoms with E-state index in [1.54, 1.807) is 4.80 Å². The molecule has 0 saturated heterocycles. The van der Waals surface area contributed by atoms with Gasteiger partial charge in [-0.2, -0.15) is 0 Å². The zero-order chi connectivity index (χ0) is 18.6. The Bertz CT molecular complexity index is 940. The van der Waals surface area contributed by atoms with Crippen molar-refractivity contribution in [2.24, 2.45) is 0 Å². The van der Waals surface area contributed by atoms with Crippen molar-refractivity contribution >= 4 is 11.0 Å². The van der Waals surface area contributed by atoms with Crippen LogP contribution in [0.4, 0.5) is 0 Å². The van der Waals surface area contributed by atoms with Gasteiger partial charge in [-0.1, -0.05) is 59.7 Å². The van der Waals surface area contributed by atoms with Crippen molar-refractivity contribution in [3.63, 3.8) is 0 Å². The van der Waals surface area contributed by atoms with E-state index in [1.807, 2.05) is 31.2 Å². The molecule has 0 saturated carbocycles. The topological polar surface area (TPSA) is 50.9 Å². The number of fused-ring (bicyclic) bond motifs is 1. The first-order chi connectivity index (χ1) is 11.5. The fourth-order valence-corrected chi connectivity index (χ4v) is 2.96. The minimum Gasteiger partial charge on any atom is -0.505 e. The highest BCUT2D eigenvalue weighted by Gasteiger charge is 2.26. The molecule has 0 aliphatic carbocycles. The Morgan fingerprint density at radius 3 is 2.16 bits per heavy atom. The van der Waals surface area contributed by atoms with Gasteiger partial charge in [0.25, 0.3) is 0 Å². The highest BCUT2D eigenvalue weighted by molar-refractivity contribution is 5.77. The molecule has 0 atom stereocenters. The maximum atomic E-state index is 11.0. The van der Waals surface area contributed by atoms with Crippen molar-refractivity contribution in [1.82, 2.24) is 15.0 Å². The molecule has 0 fully saturated rings. The Labute approximate surface area is 149 Å². The van der Waals surface area contributed by atoms with Gasteiger partial charge in [0.2, 0.25) is 0 Å². The Hall–Kier alpha value is -2.36. The molecule has 132 valence electrons. The maximum absolute atomic E-state index is 11.0. The van der Waals surface area contributed by atoms with E-state index >= 15 is 0 Å². The van der Waals surface area contributed by atoms with E-state index in [2.05, 4.69) is 57.8 Å². The zero-order valence-electron chi connectivity index (χ0n) is 16.2.